The molecule has 2 aliphatic carbocycles. The summed E-state index contributed by atoms with van der Waals surface area (Å²) in [6.45, 7) is 5.78. The van der Waals surface area contributed by atoms with Gasteiger partial charge in [0.05, 0.1) is 6.54 Å². The Bertz CT molecular complexity index is 280. The van der Waals surface area contributed by atoms with Crippen LogP contribution >= 0.6 is 0 Å². The van der Waals surface area contributed by atoms with Gasteiger partial charge in [-0.25, -0.2) is 0 Å². The van der Waals surface area contributed by atoms with E-state index in [1.54, 1.807) is 0 Å². The molecule has 1 heterocycles. The van der Waals surface area contributed by atoms with E-state index in [1.165, 1.54) is 25.7 Å². The number of hydrogen-bond acceptors (Lipinski definition) is 3. The third-order valence-corrected chi connectivity index (χ3v) is 4.03. The quantitative estimate of drug-likeness (QED) is 0.746. The molecule has 0 aromatic rings. The smallest absolute Gasteiger partial charge is 0.237 e. The molecule has 1 saturated heterocycles. The molecule has 4 nitrogen and oxygen atoms in total. The summed E-state index contributed by atoms with van der Waals surface area (Å²) >= 11 is 0. The standard InChI is InChI=1S/C13H23N3O/c17-13(10-15-7-5-14-6-8-15)16(12-3-4-12)9-11-1-2-11/h11-12,14H,1-10H2. The highest BCUT2D eigenvalue weighted by Crippen LogP contribution is 2.34. The van der Waals surface area contributed by atoms with Gasteiger partial charge >= 0.3 is 0 Å². The molecular formula is C13H23N3O. The fraction of sp³-hybridized carbons (Fsp3) is 0.923. The van der Waals surface area contributed by atoms with Gasteiger partial charge in [-0.3, -0.25) is 9.69 Å². The minimum atomic E-state index is 0.376. The van der Waals surface area contributed by atoms with Crippen LogP contribution in [0.5, 0.6) is 0 Å². The molecule has 2 saturated carbocycles. The zero-order valence-corrected chi connectivity index (χ0v) is 10.5. The molecule has 0 bridgehead atoms. The fourth-order valence-electron chi connectivity index (χ4n) is 2.57. The topological polar surface area (TPSA) is 35.6 Å². The molecular weight excluding hydrogens is 214 g/mol. The molecule has 0 spiro atoms. The van der Waals surface area contributed by atoms with Gasteiger partial charge in [0.2, 0.25) is 5.91 Å². The molecule has 1 amide bonds. The number of rotatable bonds is 5. The average molecular weight is 237 g/mol. The van der Waals surface area contributed by atoms with Crippen molar-refractivity contribution in [2.75, 3.05) is 39.3 Å². The number of nitrogens with zero attached hydrogens (tertiary/aromatic N) is 2. The summed E-state index contributed by atoms with van der Waals surface area (Å²) in [7, 11) is 0. The van der Waals surface area contributed by atoms with Crippen molar-refractivity contribution < 1.29 is 4.79 Å². The molecule has 0 radical (unpaired) electrons. The highest BCUT2D eigenvalue weighted by atomic mass is 16.2. The van der Waals surface area contributed by atoms with E-state index in [0.717, 1.165) is 38.6 Å². The van der Waals surface area contributed by atoms with Gasteiger partial charge in [-0.1, -0.05) is 0 Å². The SMILES string of the molecule is O=C(CN1CCNCC1)N(CC1CC1)C1CC1. The van der Waals surface area contributed by atoms with Crippen LogP contribution in [0.4, 0.5) is 0 Å². The monoisotopic (exact) mass is 237 g/mol. The third kappa shape index (κ3) is 3.19. The van der Waals surface area contributed by atoms with Gasteiger partial charge in [-0.05, 0) is 31.6 Å². The lowest BCUT2D eigenvalue weighted by Crippen LogP contribution is -2.49. The number of piperazine rings is 1. The summed E-state index contributed by atoms with van der Waals surface area (Å²) < 4.78 is 0. The van der Waals surface area contributed by atoms with Crippen molar-refractivity contribution >= 4 is 5.91 Å². The van der Waals surface area contributed by atoms with Gasteiger partial charge in [0.25, 0.3) is 0 Å². The van der Waals surface area contributed by atoms with Crippen molar-refractivity contribution in [2.24, 2.45) is 5.92 Å². The van der Waals surface area contributed by atoms with Gasteiger partial charge in [-0.2, -0.15) is 0 Å². The summed E-state index contributed by atoms with van der Waals surface area (Å²) in [4.78, 5) is 16.8. The van der Waals surface area contributed by atoms with Gasteiger partial charge < -0.3 is 10.2 Å². The zero-order valence-electron chi connectivity index (χ0n) is 10.5. The maximum atomic E-state index is 12.3. The highest BCUT2D eigenvalue weighted by Gasteiger charge is 2.36. The minimum absolute atomic E-state index is 0.376. The first-order valence-electron chi connectivity index (χ1n) is 7.05. The third-order valence-electron chi connectivity index (χ3n) is 4.03. The molecule has 0 aromatic carbocycles. The Labute approximate surface area is 103 Å². The number of amides is 1. The lowest BCUT2D eigenvalue weighted by Gasteiger charge is -2.30. The Hall–Kier alpha value is -0.610. The van der Waals surface area contributed by atoms with Crippen LogP contribution in [0.15, 0.2) is 0 Å². The number of nitrogens with one attached hydrogen (secondary N) is 1. The molecule has 4 heteroatoms. The molecule has 0 aromatic heterocycles. The van der Waals surface area contributed by atoms with E-state index < -0.39 is 0 Å². The van der Waals surface area contributed by atoms with Crippen molar-refractivity contribution in [3.8, 4) is 0 Å². The molecule has 0 atom stereocenters. The predicted molar refractivity (Wildman–Crippen MR) is 66.8 cm³/mol. The Morgan fingerprint density at radius 3 is 2.47 bits per heavy atom. The van der Waals surface area contributed by atoms with Crippen molar-refractivity contribution in [3.63, 3.8) is 0 Å². The predicted octanol–water partition coefficient (Wildman–Crippen LogP) is 0.293. The lowest BCUT2D eigenvalue weighted by atomic mass is 10.3. The molecule has 1 aliphatic heterocycles. The van der Waals surface area contributed by atoms with Gasteiger partial charge in [-0.15, -0.1) is 0 Å². The first kappa shape index (κ1) is 11.5. The lowest BCUT2D eigenvalue weighted by molar-refractivity contribution is -0.133. The minimum Gasteiger partial charge on any atom is -0.338 e. The van der Waals surface area contributed by atoms with Crippen LogP contribution in [0, 0.1) is 5.92 Å². The van der Waals surface area contributed by atoms with Crippen LogP contribution in [0.1, 0.15) is 25.7 Å². The Morgan fingerprint density at radius 2 is 1.88 bits per heavy atom. The number of hydrogen-bond donors (Lipinski definition) is 1. The number of carbonyl (C=O) groups excluding carboxylic acids is 1. The van der Waals surface area contributed by atoms with Gasteiger partial charge in [0.1, 0.15) is 0 Å². The van der Waals surface area contributed by atoms with Crippen LogP contribution < -0.4 is 5.32 Å². The second kappa shape index (κ2) is 4.94. The molecule has 3 rings (SSSR count). The first-order valence-corrected chi connectivity index (χ1v) is 7.05. The first-order chi connectivity index (χ1) is 8.33. The second-order valence-electron chi connectivity index (χ2n) is 5.75. The summed E-state index contributed by atoms with van der Waals surface area (Å²) in [6, 6.07) is 0.589. The van der Waals surface area contributed by atoms with Gasteiger partial charge in [0.15, 0.2) is 0 Å². The molecule has 3 fully saturated rings. The van der Waals surface area contributed by atoms with E-state index in [4.69, 9.17) is 0 Å². The molecule has 1 N–H and O–H groups in total. The van der Waals surface area contributed by atoms with E-state index in [2.05, 4.69) is 15.1 Å². The summed E-state index contributed by atoms with van der Waals surface area (Å²) in [6.07, 6.45) is 5.15. The normalized spacial score (nSPS) is 25.9. The van der Waals surface area contributed by atoms with Crippen molar-refractivity contribution in [2.45, 2.75) is 31.7 Å². The summed E-state index contributed by atoms with van der Waals surface area (Å²) in [5.41, 5.74) is 0. The summed E-state index contributed by atoms with van der Waals surface area (Å²) in [5.74, 6) is 1.20. The number of carbonyl (C=O) groups is 1. The van der Waals surface area contributed by atoms with Crippen LogP contribution in [0.25, 0.3) is 0 Å². The Balaban J connectivity index is 1.50. The Morgan fingerprint density at radius 1 is 1.18 bits per heavy atom. The highest BCUT2D eigenvalue weighted by molar-refractivity contribution is 5.79. The second-order valence-corrected chi connectivity index (χ2v) is 5.75. The van der Waals surface area contributed by atoms with Gasteiger partial charge in [0, 0.05) is 38.8 Å². The van der Waals surface area contributed by atoms with E-state index in [1.807, 2.05) is 0 Å². The van der Waals surface area contributed by atoms with E-state index >= 15 is 0 Å². The van der Waals surface area contributed by atoms with E-state index in [0.29, 0.717) is 18.5 Å². The maximum Gasteiger partial charge on any atom is 0.237 e. The molecule has 17 heavy (non-hydrogen) atoms. The van der Waals surface area contributed by atoms with Crippen molar-refractivity contribution in [1.82, 2.24) is 15.1 Å². The fourth-order valence-corrected chi connectivity index (χ4v) is 2.57. The molecule has 0 unspecified atom stereocenters. The van der Waals surface area contributed by atoms with Crippen LogP contribution in [-0.4, -0.2) is 61.0 Å². The summed E-state index contributed by atoms with van der Waals surface area (Å²) in [5, 5.41) is 3.33. The largest absolute Gasteiger partial charge is 0.338 e. The van der Waals surface area contributed by atoms with E-state index in [-0.39, 0.29) is 0 Å². The zero-order chi connectivity index (χ0) is 11.7. The van der Waals surface area contributed by atoms with Crippen molar-refractivity contribution in [3.05, 3.63) is 0 Å². The molecule has 96 valence electrons. The average Bonchev–Trinajstić information content (AvgIpc) is 3.20. The van der Waals surface area contributed by atoms with E-state index in [9.17, 15) is 4.79 Å². The molecule has 3 aliphatic rings. The van der Waals surface area contributed by atoms with Crippen molar-refractivity contribution in [1.29, 1.82) is 0 Å². The maximum absolute atomic E-state index is 12.3. The Kier molecular flexibility index (Phi) is 3.34. The van der Waals surface area contributed by atoms with Crippen LogP contribution in [0.3, 0.4) is 0 Å². The van der Waals surface area contributed by atoms with Crippen LogP contribution in [0.2, 0.25) is 0 Å². The van der Waals surface area contributed by atoms with Crippen LogP contribution in [-0.2, 0) is 4.79 Å².